The monoisotopic (exact) mass is 455 g/mol. The van der Waals surface area contributed by atoms with Crippen molar-refractivity contribution >= 4 is 27.2 Å². The third-order valence-electron chi connectivity index (χ3n) is 4.95. The van der Waals surface area contributed by atoms with Crippen molar-refractivity contribution in [1.29, 1.82) is 0 Å². The molecule has 3 aromatic rings. The SMILES string of the molecule is CC[C@@H](COS(N)(=O)=O)[C@@H](O)Cn1ccc2c(NCc3c(F)cccc3F)ncnc21. The number of benzene rings is 1. The van der Waals surface area contributed by atoms with Crippen LogP contribution >= 0.6 is 0 Å². The van der Waals surface area contributed by atoms with Crippen molar-refractivity contribution in [3.8, 4) is 0 Å². The Balaban J connectivity index is 1.75. The highest BCUT2D eigenvalue weighted by atomic mass is 32.2. The zero-order valence-electron chi connectivity index (χ0n) is 16.7. The van der Waals surface area contributed by atoms with Crippen molar-refractivity contribution in [1.82, 2.24) is 14.5 Å². The van der Waals surface area contributed by atoms with Crippen molar-refractivity contribution in [2.45, 2.75) is 32.5 Å². The Bertz CT molecular complexity index is 1140. The molecule has 168 valence electrons. The zero-order chi connectivity index (χ0) is 22.6. The Kier molecular flexibility index (Phi) is 7.15. The van der Waals surface area contributed by atoms with Gasteiger partial charge in [0, 0.05) is 24.2 Å². The molecule has 0 fully saturated rings. The van der Waals surface area contributed by atoms with Gasteiger partial charge in [-0.15, -0.1) is 0 Å². The normalized spacial score (nSPS) is 14.0. The summed E-state index contributed by atoms with van der Waals surface area (Å²) in [4.78, 5) is 8.36. The van der Waals surface area contributed by atoms with Gasteiger partial charge in [0.2, 0.25) is 0 Å². The number of nitrogens with two attached hydrogens (primary N) is 1. The molecule has 0 amide bonds. The third-order valence-corrected chi connectivity index (χ3v) is 5.41. The Morgan fingerprint density at radius 3 is 2.61 bits per heavy atom. The predicted molar refractivity (Wildman–Crippen MR) is 110 cm³/mol. The molecule has 12 heteroatoms. The number of aliphatic hydroxyl groups is 1. The van der Waals surface area contributed by atoms with E-state index in [4.69, 9.17) is 5.14 Å². The first kappa shape index (κ1) is 23.0. The van der Waals surface area contributed by atoms with Crippen LogP contribution in [-0.4, -0.2) is 40.8 Å². The van der Waals surface area contributed by atoms with Crippen molar-refractivity contribution in [2.75, 3.05) is 11.9 Å². The highest BCUT2D eigenvalue weighted by molar-refractivity contribution is 7.84. The molecule has 2 aromatic heterocycles. The van der Waals surface area contributed by atoms with E-state index in [1.54, 1.807) is 23.8 Å². The highest BCUT2D eigenvalue weighted by Crippen LogP contribution is 2.23. The maximum atomic E-state index is 13.9. The molecule has 0 radical (unpaired) electrons. The van der Waals surface area contributed by atoms with Crippen LogP contribution in [0.15, 0.2) is 36.8 Å². The quantitative estimate of drug-likeness (QED) is 0.425. The summed E-state index contributed by atoms with van der Waals surface area (Å²) in [5.74, 6) is -1.42. The molecule has 31 heavy (non-hydrogen) atoms. The highest BCUT2D eigenvalue weighted by Gasteiger charge is 2.22. The molecule has 0 aliphatic carbocycles. The van der Waals surface area contributed by atoms with E-state index in [0.717, 1.165) is 0 Å². The van der Waals surface area contributed by atoms with Crippen LogP contribution in [0.2, 0.25) is 0 Å². The Morgan fingerprint density at radius 1 is 1.26 bits per heavy atom. The second-order valence-electron chi connectivity index (χ2n) is 6.99. The van der Waals surface area contributed by atoms with Gasteiger partial charge in [-0.2, -0.15) is 8.42 Å². The Labute approximate surface area is 178 Å². The second kappa shape index (κ2) is 9.64. The average Bonchev–Trinajstić information content (AvgIpc) is 3.11. The van der Waals surface area contributed by atoms with E-state index in [1.165, 1.54) is 24.5 Å². The first-order valence-electron chi connectivity index (χ1n) is 9.51. The van der Waals surface area contributed by atoms with Crippen LogP contribution in [0, 0.1) is 17.6 Å². The van der Waals surface area contributed by atoms with Crippen LogP contribution in [0.5, 0.6) is 0 Å². The van der Waals surface area contributed by atoms with Crippen LogP contribution in [0.1, 0.15) is 18.9 Å². The van der Waals surface area contributed by atoms with Crippen LogP contribution in [0.25, 0.3) is 11.0 Å². The van der Waals surface area contributed by atoms with Crippen LogP contribution in [0.3, 0.4) is 0 Å². The maximum absolute atomic E-state index is 13.9. The van der Waals surface area contributed by atoms with Gasteiger partial charge in [-0.1, -0.05) is 13.0 Å². The van der Waals surface area contributed by atoms with Gasteiger partial charge in [0.05, 0.1) is 24.6 Å². The summed E-state index contributed by atoms with van der Waals surface area (Å²) in [7, 11) is -4.10. The molecule has 2 atom stereocenters. The standard InChI is InChI=1S/C19H23F2N5O4S/c1-2-12(10-30-31(22,28)29)17(27)9-26-7-6-13-18(24-11-25-19(13)26)23-8-14-15(20)4-3-5-16(14)21/h3-7,11-12,17,27H,2,8-10H2,1H3,(H2,22,28,29)(H,23,24,25)/t12-,17-/m0/s1. The number of nitrogens with zero attached hydrogens (tertiary/aromatic N) is 3. The van der Waals surface area contributed by atoms with E-state index in [9.17, 15) is 22.3 Å². The average molecular weight is 455 g/mol. The van der Waals surface area contributed by atoms with Crippen molar-refractivity contribution in [3.63, 3.8) is 0 Å². The second-order valence-corrected chi connectivity index (χ2v) is 8.22. The summed E-state index contributed by atoms with van der Waals surface area (Å²) in [5, 5.41) is 18.9. The Morgan fingerprint density at radius 2 is 1.97 bits per heavy atom. The van der Waals surface area contributed by atoms with Crippen LogP contribution < -0.4 is 10.5 Å². The molecule has 0 saturated carbocycles. The molecular weight excluding hydrogens is 432 g/mol. The van der Waals surface area contributed by atoms with E-state index in [-0.39, 0.29) is 25.3 Å². The molecule has 1 aromatic carbocycles. The summed E-state index contributed by atoms with van der Waals surface area (Å²) >= 11 is 0. The zero-order valence-corrected chi connectivity index (χ0v) is 17.5. The predicted octanol–water partition coefficient (Wildman–Crippen LogP) is 1.93. The molecule has 2 heterocycles. The fourth-order valence-corrected chi connectivity index (χ4v) is 3.56. The lowest BCUT2D eigenvalue weighted by atomic mass is 10.0. The molecule has 0 unspecified atom stereocenters. The number of hydrogen-bond donors (Lipinski definition) is 3. The number of rotatable bonds is 10. The van der Waals surface area contributed by atoms with Crippen molar-refractivity contribution in [2.24, 2.45) is 11.1 Å². The minimum absolute atomic E-state index is 0.107. The topological polar surface area (TPSA) is 132 Å². The number of nitrogens with one attached hydrogen (secondary N) is 1. The number of halogens is 2. The molecule has 0 spiro atoms. The van der Waals surface area contributed by atoms with Gasteiger partial charge < -0.3 is 15.0 Å². The smallest absolute Gasteiger partial charge is 0.333 e. The van der Waals surface area contributed by atoms with Crippen molar-refractivity contribution < 1.29 is 26.5 Å². The van der Waals surface area contributed by atoms with Crippen LogP contribution in [0.4, 0.5) is 14.6 Å². The molecule has 0 aliphatic rings. The molecule has 9 nitrogen and oxygen atoms in total. The lowest BCUT2D eigenvalue weighted by molar-refractivity contribution is 0.0616. The van der Waals surface area contributed by atoms with Gasteiger partial charge in [0.25, 0.3) is 0 Å². The van der Waals surface area contributed by atoms with E-state index >= 15 is 0 Å². The summed E-state index contributed by atoms with van der Waals surface area (Å²) in [6.07, 6.45) is 2.52. The van der Waals surface area contributed by atoms with Gasteiger partial charge in [-0.05, 0) is 24.6 Å². The van der Waals surface area contributed by atoms with Gasteiger partial charge in [-0.25, -0.2) is 23.9 Å². The molecular formula is C19H23F2N5O4S. The molecule has 0 saturated heterocycles. The van der Waals surface area contributed by atoms with E-state index < -0.39 is 34.0 Å². The first-order chi connectivity index (χ1) is 14.7. The molecule has 0 aliphatic heterocycles. The van der Waals surface area contributed by atoms with E-state index in [0.29, 0.717) is 23.3 Å². The van der Waals surface area contributed by atoms with Gasteiger partial charge >= 0.3 is 10.3 Å². The fourth-order valence-electron chi connectivity index (χ4n) is 3.20. The number of aromatic nitrogens is 3. The minimum Gasteiger partial charge on any atom is -0.391 e. The number of anilines is 1. The number of aliphatic hydroxyl groups excluding tert-OH is 1. The summed E-state index contributed by atoms with van der Waals surface area (Å²) < 4.78 is 56.0. The summed E-state index contributed by atoms with van der Waals surface area (Å²) in [5.41, 5.74) is 0.387. The first-order valence-corrected chi connectivity index (χ1v) is 11.0. The molecule has 3 rings (SSSR count). The minimum atomic E-state index is -4.10. The number of hydrogen-bond acceptors (Lipinski definition) is 7. The number of fused-ring (bicyclic) bond motifs is 1. The van der Waals surface area contributed by atoms with E-state index in [2.05, 4.69) is 19.5 Å². The summed E-state index contributed by atoms with van der Waals surface area (Å²) in [6.45, 7) is 1.56. The third kappa shape index (κ3) is 5.73. The fraction of sp³-hybridized carbons (Fsp3) is 0.368. The van der Waals surface area contributed by atoms with Gasteiger partial charge in [-0.3, -0.25) is 4.18 Å². The molecule has 4 N–H and O–H groups in total. The van der Waals surface area contributed by atoms with E-state index in [1.807, 2.05) is 0 Å². The van der Waals surface area contributed by atoms with Crippen LogP contribution in [-0.2, 0) is 27.6 Å². The maximum Gasteiger partial charge on any atom is 0.333 e. The van der Waals surface area contributed by atoms with Crippen molar-refractivity contribution in [3.05, 3.63) is 54.0 Å². The lowest BCUT2D eigenvalue weighted by Gasteiger charge is -2.21. The van der Waals surface area contributed by atoms with Gasteiger partial charge in [0.15, 0.2) is 0 Å². The Hall–Kier alpha value is -2.67. The lowest BCUT2D eigenvalue weighted by Crippen LogP contribution is -2.31. The summed E-state index contributed by atoms with van der Waals surface area (Å²) in [6, 6.07) is 5.36. The molecule has 0 bridgehead atoms. The largest absolute Gasteiger partial charge is 0.391 e. The van der Waals surface area contributed by atoms with Gasteiger partial charge in [0.1, 0.15) is 29.4 Å².